The summed E-state index contributed by atoms with van der Waals surface area (Å²) in [5.74, 6) is 2.58. The van der Waals surface area contributed by atoms with Crippen LogP contribution in [0, 0.1) is 5.92 Å². The molecule has 0 spiro atoms. The zero-order valence-electron chi connectivity index (χ0n) is 18.3. The second kappa shape index (κ2) is 12.2. The fraction of sp³-hybridized carbons (Fsp3) is 0.842. The zero-order valence-corrected chi connectivity index (χ0v) is 21.4. The van der Waals surface area contributed by atoms with E-state index in [9.17, 15) is 0 Å². The van der Waals surface area contributed by atoms with E-state index in [1.54, 1.807) is 0 Å². The van der Waals surface area contributed by atoms with Crippen LogP contribution < -0.4 is 10.2 Å². The predicted molar refractivity (Wildman–Crippen MR) is 133 cm³/mol. The van der Waals surface area contributed by atoms with Crippen molar-refractivity contribution in [2.24, 2.45) is 10.9 Å². The summed E-state index contributed by atoms with van der Waals surface area (Å²) in [6.45, 7) is 15.2. The molecule has 10 heteroatoms. The first-order valence-electron chi connectivity index (χ1n) is 10.5. The van der Waals surface area contributed by atoms with Crippen molar-refractivity contribution >= 4 is 46.6 Å². The van der Waals surface area contributed by atoms with Gasteiger partial charge in [0.25, 0.3) is 0 Å². The first-order chi connectivity index (χ1) is 13.6. The number of aliphatic imine (C=N–C) groups is 1. The molecule has 8 nitrogen and oxygen atoms in total. The van der Waals surface area contributed by atoms with Crippen molar-refractivity contribution in [3.8, 4) is 0 Å². The van der Waals surface area contributed by atoms with E-state index < -0.39 is 0 Å². The molecule has 0 saturated carbocycles. The van der Waals surface area contributed by atoms with Gasteiger partial charge < -0.3 is 24.9 Å². The van der Waals surface area contributed by atoms with Crippen LogP contribution in [0.4, 0.5) is 5.13 Å². The van der Waals surface area contributed by atoms with Crippen LogP contribution in [0.5, 0.6) is 0 Å². The standard InChI is InChI=1S/C19H36N8S.HI/c1-5-17-22-19(28-23-17)27-12-10-26(11-13-27)18(20-3)21-14-16(2)15-25-8-6-24(4)7-9-25;/h16H,5-15H2,1-4H3,(H,20,21);1H. The van der Waals surface area contributed by atoms with Crippen molar-refractivity contribution < 1.29 is 0 Å². The molecule has 0 aromatic carbocycles. The summed E-state index contributed by atoms with van der Waals surface area (Å²) in [6, 6.07) is 0. The Morgan fingerprint density at radius 3 is 2.41 bits per heavy atom. The lowest BCUT2D eigenvalue weighted by atomic mass is 10.1. The molecule has 0 bridgehead atoms. The van der Waals surface area contributed by atoms with Crippen LogP contribution in [-0.4, -0.2) is 110 Å². The minimum atomic E-state index is 0. The number of nitrogens with zero attached hydrogens (tertiary/aromatic N) is 7. The van der Waals surface area contributed by atoms with E-state index in [1.165, 1.54) is 37.7 Å². The molecule has 0 radical (unpaired) electrons. The topological polar surface area (TPSA) is 63.1 Å². The van der Waals surface area contributed by atoms with E-state index in [2.05, 4.69) is 60.2 Å². The Labute approximate surface area is 196 Å². The summed E-state index contributed by atoms with van der Waals surface area (Å²) >= 11 is 1.52. The van der Waals surface area contributed by atoms with Crippen LogP contribution in [0.3, 0.4) is 0 Å². The number of halogens is 1. The molecular formula is C19H37IN8S. The SMILES string of the molecule is CCc1nsc(N2CCN(C(=NC)NCC(C)CN3CCN(C)CC3)CC2)n1.I. The maximum atomic E-state index is 4.62. The highest BCUT2D eigenvalue weighted by Gasteiger charge is 2.22. The lowest BCUT2D eigenvalue weighted by Crippen LogP contribution is -2.53. The lowest BCUT2D eigenvalue weighted by Gasteiger charge is -2.37. The van der Waals surface area contributed by atoms with Gasteiger partial charge in [-0.25, -0.2) is 4.98 Å². The first-order valence-corrected chi connectivity index (χ1v) is 11.3. The Morgan fingerprint density at radius 2 is 1.83 bits per heavy atom. The molecule has 1 aromatic heterocycles. The summed E-state index contributed by atoms with van der Waals surface area (Å²) < 4.78 is 4.41. The smallest absolute Gasteiger partial charge is 0.205 e. The Morgan fingerprint density at radius 1 is 1.14 bits per heavy atom. The van der Waals surface area contributed by atoms with Crippen LogP contribution in [0.2, 0.25) is 0 Å². The predicted octanol–water partition coefficient (Wildman–Crippen LogP) is 1.30. The van der Waals surface area contributed by atoms with Gasteiger partial charge >= 0.3 is 0 Å². The van der Waals surface area contributed by atoms with E-state index in [0.29, 0.717) is 5.92 Å². The van der Waals surface area contributed by atoms with Gasteiger partial charge in [-0.3, -0.25) is 4.99 Å². The monoisotopic (exact) mass is 536 g/mol. The average molecular weight is 537 g/mol. The molecule has 0 amide bonds. The van der Waals surface area contributed by atoms with Crippen LogP contribution in [0.15, 0.2) is 4.99 Å². The number of anilines is 1. The fourth-order valence-electron chi connectivity index (χ4n) is 3.76. The molecule has 2 aliphatic heterocycles. The number of hydrogen-bond donors (Lipinski definition) is 1. The number of piperazine rings is 2. The summed E-state index contributed by atoms with van der Waals surface area (Å²) in [7, 11) is 4.10. The van der Waals surface area contributed by atoms with Crippen LogP contribution >= 0.6 is 35.5 Å². The van der Waals surface area contributed by atoms with Crippen molar-refractivity contribution in [3.05, 3.63) is 5.82 Å². The van der Waals surface area contributed by atoms with Gasteiger partial charge in [-0.05, 0) is 13.0 Å². The minimum absolute atomic E-state index is 0. The number of nitrogens with one attached hydrogen (secondary N) is 1. The van der Waals surface area contributed by atoms with Crippen molar-refractivity contribution in [3.63, 3.8) is 0 Å². The van der Waals surface area contributed by atoms with Gasteiger partial charge in [0.2, 0.25) is 5.13 Å². The third-order valence-corrected chi connectivity index (χ3v) is 6.42. The number of hydrogen-bond acceptors (Lipinski definition) is 7. The molecule has 3 heterocycles. The highest BCUT2D eigenvalue weighted by Crippen LogP contribution is 2.19. The van der Waals surface area contributed by atoms with Crippen LogP contribution in [0.1, 0.15) is 19.7 Å². The first kappa shape index (κ1) is 24.5. The molecular weight excluding hydrogens is 499 g/mol. The summed E-state index contributed by atoms with van der Waals surface area (Å²) in [5, 5.41) is 4.66. The normalized spacial score (nSPS) is 20.5. The Bertz CT molecular complexity index is 623. The molecule has 2 aliphatic rings. The highest BCUT2D eigenvalue weighted by atomic mass is 127. The van der Waals surface area contributed by atoms with Gasteiger partial charge in [-0.2, -0.15) is 4.37 Å². The van der Waals surface area contributed by atoms with E-state index in [4.69, 9.17) is 0 Å². The Kier molecular flexibility index (Phi) is 10.3. The number of aryl methyl sites for hydroxylation is 1. The lowest BCUT2D eigenvalue weighted by molar-refractivity contribution is 0.139. The fourth-order valence-corrected chi connectivity index (χ4v) is 4.56. The second-order valence-corrected chi connectivity index (χ2v) is 8.69. The van der Waals surface area contributed by atoms with Crippen molar-refractivity contribution in [2.75, 3.05) is 84.4 Å². The molecule has 1 atom stereocenters. The van der Waals surface area contributed by atoms with Crippen molar-refractivity contribution in [2.45, 2.75) is 20.3 Å². The van der Waals surface area contributed by atoms with E-state index in [-0.39, 0.29) is 24.0 Å². The Hall–Kier alpha value is -0.720. The molecule has 29 heavy (non-hydrogen) atoms. The molecule has 2 fully saturated rings. The molecule has 1 unspecified atom stereocenters. The molecule has 1 aromatic rings. The molecule has 1 N–H and O–H groups in total. The van der Waals surface area contributed by atoms with Crippen LogP contribution in [0.25, 0.3) is 0 Å². The zero-order chi connectivity index (χ0) is 19.9. The largest absolute Gasteiger partial charge is 0.356 e. The highest BCUT2D eigenvalue weighted by molar-refractivity contribution is 14.0. The maximum Gasteiger partial charge on any atom is 0.205 e. The third-order valence-electron chi connectivity index (χ3n) is 5.61. The molecule has 166 valence electrons. The summed E-state index contributed by atoms with van der Waals surface area (Å²) in [4.78, 5) is 18.8. The van der Waals surface area contributed by atoms with Gasteiger partial charge in [0.1, 0.15) is 5.82 Å². The number of rotatable bonds is 6. The van der Waals surface area contributed by atoms with E-state index in [0.717, 1.165) is 62.6 Å². The Balaban J connectivity index is 0.00000300. The van der Waals surface area contributed by atoms with Crippen LogP contribution in [-0.2, 0) is 6.42 Å². The number of likely N-dealkylation sites (N-methyl/N-ethyl adjacent to an activating group) is 1. The van der Waals surface area contributed by atoms with Gasteiger partial charge in [-0.1, -0.05) is 13.8 Å². The molecule has 0 aliphatic carbocycles. The van der Waals surface area contributed by atoms with Gasteiger partial charge in [0.05, 0.1) is 0 Å². The molecule has 2 saturated heterocycles. The van der Waals surface area contributed by atoms with Crippen molar-refractivity contribution in [1.82, 2.24) is 29.4 Å². The summed E-state index contributed by atoms with van der Waals surface area (Å²) in [6.07, 6.45) is 0.902. The molecule has 3 rings (SSSR count). The van der Waals surface area contributed by atoms with Crippen molar-refractivity contribution in [1.29, 1.82) is 0 Å². The van der Waals surface area contributed by atoms with Gasteiger partial charge in [0.15, 0.2) is 5.96 Å². The number of guanidine groups is 1. The van der Waals surface area contributed by atoms with Gasteiger partial charge in [0, 0.05) is 90.4 Å². The average Bonchev–Trinajstić information content (AvgIpc) is 3.20. The second-order valence-electron chi connectivity index (χ2n) is 7.96. The van der Waals surface area contributed by atoms with E-state index >= 15 is 0 Å². The quantitative estimate of drug-likeness (QED) is 0.334. The summed E-state index contributed by atoms with van der Waals surface area (Å²) in [5.41, 5.74) is 0. The maximum absolute atomic E-state index is 4.62. The van der Waals surface area contributed by atoms with Gasteiger partial charge in [-0.15, -0.1) is 24.0 Å². The minimum Gasteiger partial charge on any atom is -0.356 e. The van der Waals surface area contributed by atoms with E-state index in [1.807, 2.05) is 7.05 Å². The number of aromatic nitrogens is 2. The third kappa shape index (κ3) is 7.18.